The molecule has 0 aromatic heterocycles. The van der Waals surface area contributed by atoms with Crippen LogP contribution in [-0.4, -0.2) is 25.4 Å². The maximum atomic E-state index is 12.4. The molecule has 0 saturated heterocycles. The Bertz CT molecular complexity index is 1010. The summed E-state index contributed by atoms with van der Waals surface area (Å²) in [5.74, 6) is 0.958. The Labute approximate surface area is 176 Å². The van der Waals surface area contributed by atoms with Crippen LogP contribution in [0.5, 0.6) is 11.5 Å². The van der Waals surface area contributed by atoms with Crippen molar-refractivity contribution in [1.29, 1.82) is 0 Å². The molecule has 1 amide bonds. The number of hydrogen-bond donors (Lipinski definition) is 1. The van der Waals surface area contributed by atoms with Gasteiger partial charge in [-0.3, -0.25) is 9.59 Å². The van der Waals surface area contributed by atoms with Gasteiger partial charge in [0.05, 0.1) is 13.2 Å². The van der Waals surface area contributed by atoms with Crippen molar-refractivity contribution in [3.05, 3.63) is 95.1 Å². The predicted octanol–water partition coefficient (Wildman–Crippen LogP) is 4.49. The molecule has 0 radical (unpaired) electrons. The summed E-state index contributed by atoms with van der Waals surface area (Å²) in [6, 6.07) is 21.5. The van der Waals surface area contributed by atoms with Crippen LogP contribution in [0.1, 0.15) is 40.0 Å². The van der Waals surface area contributed by atoms with E-state index in [0.717, 1.165) is 16.9 Å². The first-order valence-corrected chi connectivity index (χ1v) is 9.74. The summed E-state index contributed by atoms with van der Waals surface area (Å²) in [5, 5.41) is 2.92. The first kappa shape index (κ1) is 21.1. The third-order valence-electron chi connectivity index (χ3n) is 4.75. The first-order valence-electron chi connectivity index (χ1n) is 9.74. The molecule has 3 rings (SSSR count). The molecule has 5 nitrogen and oxygen atoms in total. The van der Waals surface area contributed by atoms with Crippen molar-refractivity contribution < 1.29 is 19.1 Å². The van der Waals surface area contributed by atoms with Gasteiger partial charge in [0.25, 0.3) is 5.91 Å². The average Bonchev–Trinajstić information content (AvgIpc) is 2.78. The molecule has 0 heterocycles. The number of amides is 1. The second-order valence-corrected chi connectivity index (χ2v) is 7.04. The van der Waals surface area contributed by atoms with Crippen LogP contribution in [-0.2, 0) is 4.79 Å². The van der Waals surface area contributed by atoms with E-state index in [1.54, 1.807) is 43.5 Å². The molecular weight excluding hydrogens is 378 g/mol. The lowest BCUT2D eigenvalue weighted by molar-refractivity contribution is -0.123. The van der Waals surface area contributed by atoms with E-state index >= 15 is 0 Å². The molecule has 1 N–H and O–H groups in total. The molecule has 0 aliphatic rings. The Hall–Kier alpha value is -3.60. The minimum Gasteiger partial charge on any atom is -0.496 e. The highest BCUT2D eigenvalue weighted by atomic mass is 16.5. The van der Waals surface area contributed by atoms with Crippen LogP contribution in [0.15, 0.2) is 72.8 Å². The van der Waals surface area contributed by atoms with Crippen molar-refractivity contribution in [2.45, 2.75) is 19.9 Å². The van der Waals surface area contributed by atoms with Gasteiger partial charge in [0.1, 0.15) is 11.5 Å². The van der Waals surface area contributed by atoms with Crippen LogP contribution in [0.25, 0.3) is 0 Å². The van der Waals surface area contributed by atoms with Gasteiger partial charge in [-0.25, -0.2) is 0 Å². The van der Waals surface area contributed by atoms with E-state index in [2.05, 4.69) is 5.32 Å². The number of nitrogens with one attached hydrogen (secondary N) is 1. The Kier molecular flexibility index (Phi) is 6.86. The van der Waals surface area contributed by atoms with Crippen molar-refractivity contribution in [3.63, 3.8) is 0 Å². The first-order chi connectivity index (χ1) is 14.5. The van der Waals surface area contributed by atoms with E-state index in [0.29, 0.717) is 16.9 Å². The minimum absolute atomic E-state index is 0.0548. The third-order valence-corrected chi connectivity index (χ3v) is 4.75. The Morgan fingerprint density at radius 2 is 1.60 bits per heavy atom. The summed E-state index contributed by atoms with van der Waals surface area (Å²) in [4.78, 5) is 24.8. The average molecular weight is 403 g/mol. The van der Waals surface area contributed by atoms with Crippen LogP contribution < -0.4 is 14.8 Å². The molecule has 0 fully saturated rings. The van der Waals surface area contributed by atoms with E-state index < -0.39 is 0 Å². The smallest absolute Gasteiger partial charge is 0.258 e. The normalized spacial score (nSPS) is 11.4. The number of benzene rings is 3. The molecule has 0 bridgehead atoms. The maximum Gasteiger partial charge on any atom is 0.258 e. The van der Waals surface area contributed by atoms with E-state index in [1.165, 1.54) is 0 Å². The minimum atomic E-state index is -0.240. The van der Waals surface area contributed by atoms with Gasteiger partial charge in [-0.2, -0.15) is 0 Å². The third kappa shape index (κ3) is 5.26. The fourth-order valence-electron chi connectivity index (χ4n) is 3.16. The standard InChI is InChI=1S/C25H25NO4/c1-17-9-14-23(29-3)22(15-17)18(2)26-24(27)16-30-21-12-10-20(11-13-21)25(28)19-7-5-4-6-8-19/h4-15,18H,16H2,1-3H3,(H,26,27)/t18-/m0/s1. The highest BCUT2D eigenvalue weighted by molar-refractivity contribution is 6.08. The molecule has 0 aliphatic heterocycles. The van der Waals surface area contributed by atoms with E-state index in [4.69, 9.17) is 9.47 Å². The molecule has 30 heavy (non-hydrogen) atoms. The maximum absolute atomic E-state index is 12.4. The zero-order valence-electron chi connectivity index (χ0n) is 17.3. The van der Waals surface area contributed by atoms with Gasteiger partial charge in [-0.05, 0) is 44.2 Å². The van der Waals surface area contributed by atoms with E-state index in [1.807, 2.05) is 50.2 Å². The van der Waals surface area contributed by atoms with Crippen molar-refractivity contribution in [2.24, 2.45) is 0 Å². The van der Waals surface area contributed by atoms with Gasteiger partial charge >= 0.3 is 0 Å². The van der Waals surface area contributed by atoms with E-state index in [-0.39, 0.29) is 24.3 Å². The Balaban J connectivity index is 1.56. The predicted molar refractivity (Wildman–Crippen MR) is 116 cm³/mol. The topological polar surface area (TPSA) is 64.6 Å². The van der Waals surface area contributed by atoms with Crippen molar-refractivity contribution in [3.8, 4) is 11.5 Å². The number of ketones is 1. The number of hydrogen-bond acceptors (Lipinski definition) is 4. The van der Waals surface area contributed by atoms with Crippen LogP contribution in [0.2, 0.25) is 0 Å². The summed E-state index contributed by atoms with van der Waals surface area (Å²) in [6.07, 6.45) is 0. The number of carbonyl (C=O) groups excluding carboxylic acids is 2. The number of ether oxygens (including phenoxy) is 2. The highest BCUT2D eigenvalue weighted by Gasteiger charge is 2.15. The second kappa shape index (κ2) is 9.74. The lowest BCUT2D eigenvalue weighted by atomic mass is 10.0. The van der Waals surface area contributed by atoms with Crippen molar-refractivity contribution in [2.75, 3.05) is 13.7 Å². The molecule has 1 atom stereocenters. The quantitative estimate of drug-likeness (QED) is 0.563. The summed E-state index contributed by atoms with van der Waals surface area (Å²) in [5.41, 5.74) is 3.20. The largest absolute Gasteiger partial charge is 0.496 e. The summed E-state index contributed by atoms with van der Waals surface area (Å²) in [7, 11) is 1.61. The zero-order valence-corrected chi connectivity index (χ0v) is 17.3. The number of aryl methyl sites for hydroxylation is 1. The molecule has 0 spiro atoms. The highest BCUT2D eigenvalue weighted by Crippen LogP contribution is 2.26. The summed E-state index contributed by atoms with van der Waals surface area (Å²) in [6.45, 7) is 3.77. The summed E-state index contributed by atoms with van der Waals surface area (Å²) < 4.78 is 11.0. The Morgan fingerprint density at radius 1 is 0.933 bits per heavy atom. The SMILES string of the molecule is COc1ccc(C)cc1[C@H](C)NC(=O)COc1ccc(C(=O)c2ccccc2)cc1. The molecule has 0 saturated carbocycles. The molecule has 0 aliphatic carbocycles. The molecule has 3 aromatic carbocycles. The monoisotopic (exact) mass is 403 g/mol. The van der Waals surface area contributed by atoms with Crippen LogP contribution >= 0.6 is 0 Å². The molecule has 5 heteroatoms. The fourth-order valence-corrected chi connectivity index (χ4v) is 3.16. The Morgan fingerprint density at radius 3 is 2.27 bits per heavy atom. The molecule has 154 valence electrons. The summed E-state index contributed by atoms with van der Waals surface area (Å²) >= 11 is 0. The van der Waals surface area contributed by atoms with Gasteiger partial charge in [0, 0.05) is 16.7 Å². The molecule has 0 unspecified atom stereocenters. The fraction of sp³-hybridized carbons (Fsp3) is 0.200. The lowest BCUT2D eigenvalue weighted by Crippen LogP contribution is -2.31. The van der Waals surface area contributed by atoms with Gasteiger partial charge in [-0.15, -0.1) is 0 Å². The molecular formula is C25H25NO4. The van der Waals surface area contributed by atoms with Crippen molar-refractivity contribution >= 4 is 11.7 Å². The molecule has 3 aromatic rings. The number of methoxy groups -OCH3 is 1. The zero-order chi connectivity index (χ0) is 21.5. The van der Waals surface area contributed by atoms with Crippen LogP contribution in [0.4, 0.5) is 0 Å². The number of carbonyl (C=O) groups is 2. The van der Waals surface area contributed by atoms with Gasteiger partial charge in [-0.1, -0.05) is 48.0 Å². The van der Waals surface area contributed by atoms with Crippen LogP contribution in [0.3, 0.4) is 0 Å². The number of rotatable bonds is 8. The lowest BCUT2D eigenvalue weighted by Gasteiger charge is -2.18. The van der Waals surface area contributed by atoms with Crippen molar-refractivity contribution in [1.82, 2.24) is 5.32 Å². The second-order valence-electron chi connectivity index (χ2n) is 7.04. The van der Waals surface area contributed by atoms with E-state index in [9.17, 15) is 9.59 Å². The van der Waals surface area contributed by atoms with Gasteiger partial charge in [0.15, 0.2) is 12.4 Å². The van der Waals surface area contributed by atoms with Gasteiger partial charge in [0.2, 0.25) is 0 Å². The van der Waals surface area contributed by atoms with Crippen LogP contribution in [0, 0.1) is 6.92 Å². The van der Waals surface area contributed by atoms with Gasteiger partial charge < -0.3 is 14.8 Å².